The molecule has 1 saturated heterocycles. The fourth-order valence-corrected chi connectivity index (χ4v) is 5.80. The lowest BCUT2D eigenvalue weighted by molar-refractivity contribution is -0.149. The molecule has 2 aliphatic rings. The molecule has 1 N–H and O–H groups in total. The Kier molecular flexibility index (Phi) is 10.2. The third-order valence-corrected chi connectivity index (χ3v) is 8.17. The summed E-state index contributed by atoms with van der Waals surface area (Å²) in [6, 6.07) is 15.5. The molecule has 10 nitrogen and oxygen atoms in total. The number of benzene rings is 2. The quantitative estimate of drug-likeness (QED) is 0.354. The number of halogens is 1. The number of allylic oxidation sites excluding steroid dienone is 1. The average Bonchev–Trinajstić information content (AvgIpc) is 3.02. The summed E-state index contributed by atoms with van der Waals surface area (Å²) >= 11 is 6.11. The number of urea groups is 1. The number of likely N-dealkylation sites (tertiary alicyclic amines) is 1. The number of rotatable bonds is 8. The molecule has 0 spiro atoms. The van der Waals surface area contributed by atoms with Gasteiger partial charge in [-0.25, -0.2) is 19.5 Å². The normalized spacial score (nSPS) is 18.6. The van der Waals surface area contributed by atoms with Crippen molar-refractivity contribution in [1.29, 1.82) is 0 Å². The molecule has 224 valence electrons. The number of piperidine rings is 1. The molecular formula is C31H37ClN4O6. The third-order valence-electron chi connectivity index (χ3n) is 7.92. The van der Waals surface area contributed by atoms with E-state index in [9.17, 15) is 14.4 Å². The van der Waals surface area contributed by atoms with Gasteiger partial charge < -0.3 is 24.4 Å². The van der Waals surface area contributed by atoms with E-state index < -0.39 is 23.5 Å². The second-order valence-corrected chi connectivity index (χ2v) is 10.7. The Labute approximate surface area is 251 Å². The first-order chi connectivity index (χ1) is 20.2. The number of carbonyl (C=O) groups excluding carboxylic acids is 3. The number of nitrogens with one attached hydrogen (secondary N) is 1. The first kappa shape index (κ1) is 31.1. The number of amidine groups is 1. The topological polar surface area (TPSA) is 110 Å². The van der Waals surface area contributed by atoms with Gasteiger partial charge in [-0.05, 0) is 69.1 Å². The van der Waals surface area contributed by atoms with Crippen LogP contribution >= 0.6 is 11.6 Å². The largest absolute Gasteiger partial charge is 0.468 e. The smallest absolute Gasteiger partial charge is 0.338 e. The van der Waals surface area contributed by atoms with Crippen LogP contribution < -0.4 is 5.32 Å². The van der Waals surface area contributed by atoms with Gasteiger partial charge in [-0.2, -0.15) is 0 Å². The van der Waals surface area contributed by atoms with Crippen molar-refractivity contribution in [2.45, 2.75) is 37.6 Å². The second kappa shape index (κ2) is 13.8. The van der Waals surface area contributed by atoms with Crippen LogP contribution in [0.2, 0.25) is 5.02 Å². The highest BCUT2D eigenvalue weighted by Crippen LogP contribution is 2.38. The predicted octanol–water partition coefficient (Wildman–Crippen LogP) is 4.45. The zero-order valence-corrected chi connectivity index (χ0v) is 25.1. The van der Waals surface area contributed by atoms with Crippen molar-refractivity contribution in [3.63, 3.8) is 0 Å². The molecule has 0 aliphatic carbocycles. The molecule has 2 aromatic rings. The van der Waals surface area contributed by atoms with E-state index in [2.05, 4.69) is 15.2 Å². The number of methoxy groups -OCH3 is 3. The van der Waals surface area contributed by atoms with Crippen LogP contribution in [0, 0.1) is 0 Å². The Bertz CT molecular complexity index is 1340. The zero-order valence-electron chi connectivity index (χ0n) is 24.4. The van der Waals surface area contributed by atoms with Gasteiger partial charge >= 0.3 is 24.0 Å². The molecule has 0 aromatic heterocycles. The minimum atomic E-state index is -0.825. The van der Waals surface area contributed by atoms with Gasteiger partial charge in [0.15, 0.2) is 0 Å². The summed E-state index contributed by atoms with van der Waals surface area (Å²) in [4.78, 5) is 47.2. The molecule has 2 heterocycles. The molecule has 11 heteroatoms. The molecular weight excluding hydrogens is 560 g/mol. The number of amides is 2. The highest BCUT2D eigenvalue weighted by Gasteiger charge is 2.44. The zero-order chi connectivity index (χ0) is 30.3. The van der Waals surface area contributed by atoms with Crippen LogP contribution in [-0.2, 0) is 29.2 Å². The van der Waals surface area contributed by atoms with Crippen LogP contribution in [0.15, 0.2) is 70.9 Å². The SMILES string of the molecule is COC(=O)C1=C(C)N=C(OC)N(C(=O)NCCCN2CCC(C(=O)OC)(c3ccccc3)CC2)C1c1ccc(Cl)cc1. The summed E-state index contributed by atoms with van der Waals surface area (Å²) in [5.41, 5.74) is 1.61. The van der Waals surface area contributed by atoms with Crippen molar-refractivity contribution < 1.29 is 28.6 Å². The molecule has 1 unspecified atom stereocenters. The molecule has 4 rings (SSSR count). The highest BCUT2D eigenvalue weighted by atomic mass is 35.5. The summed E-state index contributed by atoms with van der Waals surface area (Å²) in [6.07, 6.45) is 1.99. The van der Waals surface area contributed by atoms with Crippen LogP contribution in [0.25, 0.3) is 0 Å². The van der Waals surface area contributed by atoms with Crippen molar-refractivity contribution in [3.8, 4) is 0 Å². The van der Waals surface area contributed by atoms with E-state index in [1.165, 1.54) is 26.2 Å². The van der Waals surface area contributed by atoms with Gasteiger partial charge in [0.1, 0.15) is 6.04 Å². The first-order valence-electron chi connectivity index (χ1n) is 13.9. The summed E-state index contributed by atoms with van der Waals surface area (Å²) in [6.45, 7) is 4.26. The monoisotopic (exact) mass is 596 g/mol. The molecule has 2 aliphatic heterocycles. The predicted molar refractivity (Wildman–Crippen MR) is 159 cm³/mol. The molecule has 0 radical (unpaired) electrons. The summed E-state index contributed by atoms with van der Waals surface area (Å²) in [5, 5.41) is 3.48. The fourth-order valence-electron chi connectivity index (χ4n) is 5.68. The lowest BCUT2D eigenvalue weighted by Gasteiger charge is -2.40. The van der Waals surface area contributed by atoms with Gasteiger partial charge in [0, 0.05) is 11.6 Å². The third kappa shape index (κ3) is 6.44. The van der Waals surface area contributed by atoms with E-state index in [0.717, 1.165) is 25.2 Å². The average molecular weight is 597 g/mol. The van der Waals surface area contributed by atoms with E-state index in [1.54, 1.807) is 31.2 Å². The van der Waals surface area contributed by atoms with Gasteiger partial charge in [0.2, 0.25) is 0 Å². The van der Waals surface area contributed by atoms with E-state index in [1.807, 2.05) is 30.3 Å². The van der Waals surface area contributed by atoms with Crippen LogP contribution in [-0.4, -0.2) is 81.3 Å². The van der Waals surface area contributed by atoms with Gasteiger partial charge in [-0.15, -0.1) is 0 Å². The lowest BCUT2D eigenvalue weighted by Crippen LogP contribution is -2.50. The number of carbonyl (C=O) groups is 3. The standard InChI is InChI=1S/C31H37ClN4O6/c1-21-25(27(37)40-2)26(22-11-13-24(32)14-12-22)36(30(34-21)42-4)29(39)33-17-8-18-35-19-15-31(16-20-35,28(38)41-3)23-9-6-5-7-10-23/h5-7,9-14,26H,8,15-20H2,1-4H3,(H,33,39). The summed E-state index contributed by atoms with van der Waals surface area (Å²) in [5.74, 6) is -0.795. The molecule has 0 saturated carbocycles. The Morgan fingerprint density at radius 2 is 1.67 bits per heavy atom. The maximum Gasteiger partial charge on any atom is 0.338 e. The van der Waals surface area contributed by atoms with E-state index in [0.29, 0.717) is 42.1 Å². The van der Waals surface area contributed by atoms with Crippen LogP contribution in [0.4, 0.5) is 4.79 Å². The number of aliphatic imine (C=N–C) groups is 1. The molecule has 0 bridgehead atoms. The van der Waals surface area contributed by atoms with Crippen LogP contribution in [0.1, 0.15) is 43.4 Å². The van der Waals surface area contributed by atoms with Crippen LogP contribution in [0.5, 0.6) is 0 Å². The number of nitrogens with zero attached hydrogens (tertiary/aromatic N) is 3. The summed E-state index contributed by atoms with van der Waals surface area (Å²) < 4.78 is 15.7. The van der Waals surface area contributed by atoms with Crippen LogP contribution in [0.3, 0.4) is 0 Å². The fraction of sp³-hybridized carbons (Fsp3) is 0.419. The highest BCUT2D eigenvalue weighted by molar-refractivity contribution is 6.30. The van der Waals surface area contributed by atoms with Gasteiger partial charge in [-0.1, -0.05) is 54.1 Å². The Hall–Kier alpha value is -3.89. The second-order valence-electron chi connectivity index (χ2n) is 10.3. The molecule has 1 fully saturated rings. The van der Waals surface area contributed by atoms with Crippen molar-refractivity contribution in [2.24, 2.45) is 4.99 Å². The minimum Gasteiger partial charge on any atom is -0.468 e. The van der Waals surface area contributed by atoms with Gasteiger partial charge in [-0.3, -0.25) is 4.79 Å². The number of hydrogen-bond donors (Lipinski definition) is 1. The maximum atomic E-state index is 13.6. The summed E-state index contributed by atoms with van der Waals surface area (Å²) in [7, 11) is 4.15. The van der Waals surface area contributed by atoms with E-state index in [4.69, 9.17) is 25.8 Å². The number of hydrogen-bond acceptors (Lipinski definition) is 8. The molecule has 42 heavy (non-hydrogen) atoms. The van der Waals surface area contributed by atoms with E-state index in [-0.39, 0.29) is 17.6 Å². The first-order valence-corrected chi connectivity index (χ1v) is 14.2. The minimum absolute atomic E-state index is 0.0636. The number of esters is 2. The Morgan fingerprint density at radius 3 is 2.26 bits per heavy atom. The van der Waals surface area contributed by atoms with Gasteiger partial charge in [0.05, 0.1) is 38.0 Å². The maximum absolute atomic E-state index is 13.6. The van der Waals surface area contributed by atoms with Crippen molar-refractivity contribution in [1.82, 2.24) is 15.1 Å². The van der Waals surface area contributed by atoms with Crippen molar-refractivity contribution >= 4 is 35.6 Å². The lowest BCUT2D eigenvalue weighted by atomic mass is 9.72. The van der Waals surface area contributed by atoms with E-state index >= 15 is 0 Å². The number of ether oxygens (including phenoxy) is 3. The Morgan fingerprint density at radius 1 is 1.00 bits per heavy atom. The van der Waals surface area contributed by atoms with Gasteiger partial charge in [0.25, 0.3) is 0 Å². The molecule has 1 atom stereocenters. The molecule has 2 aromatic carbocycles. The Balaban J connectivity index is 1.41. The van der Waals surface area contributed by atoms with Crippen molar-refractivity contribution in [2.75, 3.05) is 47.5 Å². The van der Waals surface area contributed by atoms with Crippen molar-refractivity contribution in [3.05, 3.63) is 82.0 Å². The molecule has 2 amide bonds.